The van der Waals surface area contributed by atoms with Crippen molar-refractivity contribution < 1.29 is 9.84 Å². The van der Waals surface area contributed by atoms with Crippen molar-refractivity contribution in [2.24, 2.45) is 5.92 Å². The molecule has 0 heterocycles. The highest BCUT2D eigenvalue weighted by molar-refractivity contribution is 4.79. The Balaban J connectivity index is 3.50. The van der Waals surface area contributed by atoms with Crippen LogP contribution in [0, 0.1) is 5.92 Å². The van der Waals surface area contributed by atoms with Gasteiger partial charge < -0.3 is 15.2 Å². The van der Waals surface area contributed by atoms with Crippen LogP contribution in [0.3, 0.4) is 0 Å². The van der Waals surface area contributed by atoms with Gasteiger partial charge in [-0.25, -0.2) is 0 Å². The molecule has 1 atom stereocenters. The fourth-order valence-corrected chi connectivity index (χ4v) is 0.900. The van der Waals surface area contributed by atoms with Crippen molar-refractivity contribution >= 4 is 0 Å². The quantitative estimate of drug-likeness (QED) is 0.588. The standard InChI is InChI=1S/C10H23NO2/c1-9(2)7-13-6-5-10(3,8-12)11-4/h9,11-12H,5-8H2,1-4H3. The van der Waals surface area contributed by atoms with E-state index in [4.69, 9.17) is 9.84 Å². The number of aliphatic hydroxyl groups excluding tert-OH is 1. The molecule has 0 aliphatic carbocycles. The molecule has 1 unspecified atom stereocenters. The predicted molar refractivity (Wildman–Crippen MR) is 54.8 cm³/mol. The Morgan fingerprint density at radius 3 is 2.46 bits per heavy atom. The molecule has 0 fully saturated rings. The molecule has 0 saturated carbocycles. The Morgan fingerprint density at radius 2 is 2.08 bits per heavy atom. The lowest BCUT2D eigenvalue weighted by Gasteiger charge is -2.26. The van der Waals surface area contributed by atoms with E-state index in [9.17, 15) is 0 Å². The summed E-state index contributed by atoms with van der Waals surface area (Å²) in [6, 6.07) is 0. The van der Waals surface area contributed by atoms with Gasteiger partial charge in [-0.1, -0.05) is 13.8 Å². The highest BCUT2D eigenvalue weighted by Gasteiger charge is 2.19. The minimum Gasteiger partial charge on any atom is -0.394 e. The monoisotopic (exact) mass is 189 g/mol. The fraction of sp³-hybridized carbons (Fsp3) is 1.00. The topological polar surface area (TPSA) is 41.5 Å². The van der Waals surface area contributed by atoms with Gasteiger partial charge in [-0.15, -0.1) is 0 Å². The lowest BCUT2D eigenvalue weighted by Crippen LogP contribution is -2.44. The van der Waals surface area contributed by atoms with Gasteiger partial charge in [0, 0.05) is 18.8 Å². The third-order valence-electron chi connectivity index (χ3n) is 2.20. The summed E-state index contributed by atoms with van der Waals surface area (Å²) in [7, 11) is 1.86. The van der Waals surface area contributed by atoms with Crippen LogP contribution in [0.15, 0.2) is 0 Å². The van der Waals surface area contributed by atoms with E-state index in [1.807, 2.05) is 14.0 Å². The van der Waals surface area contributed by atoms with Gasteiger partial charge >= 0.3 is 0 Å². The van der Waals surface area contributed by atoms with Gasteiger partial charge in [0.05, 0.1) is 6.61 Å². The Labute approximate surface area is 81.5 Å². The van der Waals surface area contributed by atoms with Crippen LogP contribution in [0.5, 0.6) is 0 Å². The Hall–Kier alpha value is -0.120. The van der Waals surface area contributed by atoms with Crippen molar-refractivity contribution in [1.29, 1.82) is 0 Å². The molecule has 0 bridgehead atoms. The van der Waals surface area contributed by atoms with E-state index in [0.29, 0.717) is 12.5 Å². The molecule has 80 valence electrons. The van der Waals surface area contributed by atoms with Crippen molar-refractivity contribution in [2.75, 3.05) is 26.9 Å². The SMILES string of the molecule is CNC(C)(CO)CCOCC(C)C. The number of aliphatic hydroxyl groups is 1. The number of nitrogens with one attached hydrogen (secondary N) is 1. The molecule has 2 N–H and O–H groups in total. The van der Waals surface area contributed by atoms with E-state index in [0.717, 1.165) is 13.0 Å². The van der Waals surface area contributed by atoms with Crippen LogP contribution in [0.4, 0.5) is 0 Å². The number of hydrogen-bond donors (Lipinski definition) is 2. The van der Waals surface area contributed by atoms with Gasteiger partial charge in [-0.05, 0) is 26.3 Å². The summed E-state index contributed by atoms with van der Waals surface area (Å²) in [5.74, 6) is 0.579. The van der Waals surface area contributed by atoms with Crippen LogP contribution in [-0.2, 0) is 4.74 Å². The number of rotatable bonds is 7. The van der Waals surface area contributed by atoms with Crippen molar-refractivity contribution in [1.82, 2.24) is 5.32 Å². The molecule has 0 aromatic rings. The number of likely N-dealkylation sites (N-methyl/N-ethyl adjacent to an activating group) is 1. The molecule has 0 aromatic carbocycles. The second kappa shape index (κ2) is 6.35. The average molecular weight is 189 g/mol. The summed E-state index contributed by atoms with van der Waals surface area (Å²) in [5.41, 5.74) is -0.197. The van der Waals surface area contributed by atoms with E-state index in [2.05, 4.69) is 19.2 Å². The lowest BCUT2D eigenvalue weighted by molar-refractivity contribution is 0.0753. The number of hydrogen-bond acceptors (Lipinski definition) is 3. The van der Waals surface area contributed by atoms with Crippen molar-refractivity contribution in [2.45, 2.75) is 32.7 Å². The molecule has 0 rings (SSSR count). The molecule has 0 amide bonds. The van der Waals surface area contributed by atoms with E-state index in [1.54, 1.807) is 0 Å². The first-order valence-electron chi connectivity index (χ1n) is 4.91. The van der Waals surface area contributed by atoms with Gasteiger partial charge in [-0.2, -0.15) is 0 Å². The minimum absolute atomic E-state index is 0.147. The molecule has 13 heavy (non-hydrogen) atoms. The lowest BCUT2D eigenvalue weighted by atomic mass is 10.0. The fourth-order valence-electron chi connectivity index (χ4n) is 0.900. The Kier molecular flexibility index (Phi) is 6.29. The maximum absolute atomic E-state index is 9.08. The largest absolute Gasteiger partial charge is 0.394 e. The maximum Gasteiger partial charge on any atom is 0.0611 e. The van der Waals surface area contributed by atoms with Crippen LogP contribution < -0.4 is 5.32 Å². The summed E-state index contributed by atoms with van der Waals surface area (Å²) in [6.45, 7) is 7.90. The van der Waals surface area contributed by atoms with Crippen LogP contribution in [0.2, 0.25) is 0 Å². The second-order valence-corrected chi connectivity index (χ2v) is 4.19. The molecule has 0 spiro atoms. The van der Waals surface area contributed by atoms with Gasteiger partial charge in [0.15, 0.2) is 0 Å². The Morgan fingerprint density at radius 1 is 1.46 bits per heavy atom. The summed E-state index contributed by atoms with van der Waals surface area (Å²) in [5, 5.41) is 12.2. The van der Waals surface area contributed by atoms with E-state index < -0.39 is 0 Å². The van der Waals surface area contributed by atoms with Gasteiger partial charge in [-0.3, -0.25) is 0 Å². The summed E-state index contributed by atoms with van der Waals surface area (Å²) >= 11 is 0. The van der Waals surface area contributed by atoms with Crippen molar-refractivity contribution in [3.63, 3.8) is 0 Å². The van der Waals surface area contributed by atoms with Crippen LogP contribution in [-0.4, -0.2) is 37.5 Å². The average Bonchev–Trinajstić information content (AvgIpc) is 2.12. The molecule has 0 aliphatic rings. The van der Waals surface area contributed by atoms with E-state index in [-0.39, 0.29) is 12.1 Å². The zero-order valence-electron chi connectivity index (χ0n) is 9.26. The Bertz CT molecular complexity index is 122. The maximum atomic E-state index is 9.08. The highest BCUT2D eigenvalue weighted by Crippen LogP contribution is 2.07. The van der Waals surface area contributed by atoms with Crippen LogP contribution >= 0.6 is 0 Å². The first kappa shape index (κ1) is 12.9. The second-order valence-electron chi connectivity index (χ2n) is 4.19. The van der Waals surface area contributed by atoms with Gasteiger partial charge in [0.1, 0.15) is 0 Å². The molecular weight excluding hydrogens is 166 g/mol. The third-order valence-corrected chi connectivity index (χ3v) is 2.20. The van der Waals surface area contributed by atoms with Crippen LogP contribution in [0.25, 0.3) is 0 Å². The van der Waals surface area contributed by atoms with Crippen LogP contribution in [0.1, 0.15) is 27.2 Å². The molecule has 0 aliphatic heterocycles. The van der Waals surface area contributed by atoms with Crippen molar-refractivity contribution in [3.8, 4) is 0 Å². The molecule has 0 radical (unpaired) electrons. The van der Waals surface area contributed by atoms with E-state index >= 15 is 0 Å². The smallest absolute Gasteiger partial charge is 0.0611 e. The molecule has 3 heteroatoms. The minimum atomic E-state index is -0.197. The van der Waals surface area contributed by atoms with Gasteiger partial charge in [0.2, 0.25) is 0 Å². The normalized spacial score (nSPS) is 16.2. The van der Waals surface area contributed by atoms with Crippen molar-refractivity contribution in [3.05, 3.63) is 0 Å². The molecule has 3 nitrogen and oxygen atoms in total. The number of ether oxygens (including phenoxy) is 1. The molecular formula is C10H23NO2. The summed E-state index contributed by atoms with van der Waals surface area (Å²) < 4.78 is 5.44. The predicted octanol–water partition coefficient (Wildman–Crippen LogP) is 1.02. The molecule has 0 saturated heterocycles. The first-order valence-corrected chi connectivity index (χ1v) is 4.91. The molecule has 0 aromatic heterocycles. The van der Waals surface area contributed by atoms with Gasteiger partial charge in [0.25, 0.3) is 0 Å². The third kappa shape index (κ3) is 6.02. The van der Waals surface area contributed by atoms with E-state index in [1.165, 1.54) is 0 Å². The summed E-state index contributed by atoms with van der Waals surface area (Å²) in [6.07, 6.45) is 0.840. The summed E-state index contributed by atoms with van der Waals surface area (Å²) in [4.78, 5) is 0. The zero-order chi connectivity index (χ0) is 10.3. The zero-order valence-corrected chi connectivity index (χ0v) is 9.26. The first-order chi connectivity index (χ1) is 6.04. The highest BCUT2D eigenvalue weighted by atomic mass is 16.5.